The molecular formula is C17H16F4N2O3S. The van der Waals surface area contributed by atoms with Gasteiger partial charge in [-0.05, 0) is 35.9 Å². The summed E-state index contributed by atoms with van der Waals surface area (Å²) in [6, 6.07) is 10.0. The van der Waals surface area contributed by atoms with Gasteiger partial charge in [-0.1, -0.05) is 18.2 Å². The second-order valence-corrected chi connectivity index (χ2v) is 7.76. The minimum absolute atomic E-state index is 0.0126. The van der Waals surface area contributed by atoms with E-state index in [-0.39, 0.29) is 17.0 Å². The van der Waals surface area contributed by atoms with Crippen molar-refractivity contribution in [3.8, 4) is 0 Å². The Bertz CT molecular complexity index is 913. The molecule has 1 N–H and O–H groups in total. The molecule has 2 aromatic rings. The Hall–Kier alpha value is -2.46. The third kappa shape index (κ3) is 5.76. The number of carbonyl (C=O) groups is 1. The molecule has 2 rings (SSSR count). The van der Waals surface area contributed by atoms with Crippen molar-refractivity contribution in [1.82, 2.24) is 9.62 Å². The molecule has 1 amide bonds. The number of hydrogen-bond donors (Lipinski definition) is 1. The molecular weight excluding hydrogens is 388 g/mol. The number of rotatable bonds is 6. The van der Waals surface area contributed by atoms with Crippen LogP contribution in [0.15, 0.2) is 53.4 Å². The van der Waals surface area contributed by atoms with E-state index in [1.165, 1.54) is 43.4 Å². The van der Waals surface area contributed by atoms with Crippen LogP contribution in [0, 0.1) is 5.82 Å². The van der Waals surface area contributed by atoms with Crippen LogP contribution in [0.25, 0.3) is 0 Å². The first-order valence-electron chi connectivity index (χ1n) is 7.65. The van der Waals surface area contributed by atoms with Crippen LogP contribution in [-0.4, -0.2) is 38.4 Å². The van der Waals surface area contributed by atoms with Crippen LogP contribution in [0.1, 0.15) is 15.9 Å². The molecule has 0 aliphatic heterocycles. The van der Waals surface area contributed by atoms with Crippen LogP contribution < -0.4 is 5.32 Å². The topological polar surface area (TPSA) is 66.5 Å². The summed E-state index contributed by atoms with van der Waals surface area (Å²) < 4.78 is 75.5. The zero-order valence-corrected chi connectivity index (χ0v) is 14.9. The van der Waals surface area contributed by atoms with Gasteiger partial charge in [0.1, 0.15) is 12.4 Å². The Balaban J connectivity index is 2.06. The van der Waals surface area contributed by atoms with Crippen molar-refractivity contribution in [3.05, 3.63) is 65.5 Å². The zero-order chi connectivity index (χ0) is 20.2. The second kappa shape index (κ2) is 8.05. The molecule has 27 heavy (non-hydrogen) atoms. The van der Waals surface area contributed by atoms with Gasteiger partial charge < -0.3 is 5.32 Å². The van der Waals surface area contributed by atoms with E-state index in [1.54, 1.807) is 5.32 Å². The summed E-state index contributed by atoms with van der Waals surface area (Å²) in [4.78, 5) is 11.4. The van der Waals surface area contributed by atoms with Gasteiger partial charge in [-0.3, -0.25) is 4.79 Å². The highest BCUT2D eigenvalue weighted by atomic mass is 32.2. The fraction of sp³-hybridized carbons (Fsp3) is 0.235. The number of carbonyl (C=O) groups excluding carboxylic acids is 1. The van der Waals surface area contributed by atoms with Crippen LogP contribution in [0.4, 0.5) is 17.6 Å². The standard InChI is InChI=1S/C17H16F4N2O3S/c1-23(27(25,26)15-4-2-3-14(18)9-15)10-12-5-7-13(8-6-12)16(24)22-11-17(19,20)21/h2-9H,10-11H2,1H3,(H,22,24). The molecule has 0 fully saturated rings. The Kier molecular flexibility index (Phi) is 6.22. The number of halogens is 4. The smallest absolute Gasteiger partial charge is 0.343 e. The number of benzene rings is 2. The summed E-state index contributed by atoms with van der Waals surface area (Å²) in [5, 5.41) is 1.74. The van der Waals surface area contributed by atoms with E-state index in [0.29, 0.717) is 5.56 Å². The minimum Gasteiger partial charge on any atom is -0.343 e. The number of nitrogens with zero attached hydrogens (tertiary/aromatic N) is 1. The minimum atomic E-state index is -4.51. The summed E-state index contributed by atoms with van der Waals surface area (Å²) >= 11 is 0. The van der Waals surface area contributed by atoms with Crippen molar-refractivity contribution < 1.29 is 30.8 Å². The van der Waals surface area contributed by atoms with E-state index in [1.807, 2.05) is 0 Å². The van der Waals surface area contributed by atoms with E-state index in [4.69, 9.17) is 0 Å². The highest BCUT2D eigenvalue weighted by Crippen LogP contribution is 2.18. The average Bonchev–Trinajstić information content (AvgIpc) is 2.59. The van der Waals surface area contributed by atoms with Gasteiger partial charge in [0.2, 0.25) is 10.0 Å². The van der Waals surface area contributed by atoms with Gasteiger partial charge in [-0.2, -0.15) is 17.5 Å². The normalized spacial score (nSPS) is 12.2. The van der Waals surface area contributed by atoms with Crippen LogP contribution in [0.5, 0.6) is 0 Å². The molecule has 0 bridgehead atoms. The third-order valence-corrected chi connectivity index (χ3v) is 5.37. The molecule has 10 heteroatoms. The van der Waals surface area contributed by atoms with E-state index < -0.39 is 34.5 Å². The molecule has 0 spiro atoms. The van der Waals surface area contributed by atoms with Crippen LogP contribution in [0.2, 0.25) is 0 Å². The average molecular weight is 404 g/mol. The number of sulfonamides is 1. The van der Waals surface area contributed by atoms with Gasteiger partial charge in [-0.25, -0.2) is 12.8 Å². The maximum atomic E-state index is 13.3. The number of alkyl halides is 3. The van der Waals surface area contributed by atoms with E-state index in [9.17, 15) is 30.8 Å². The van der Waals surface area contributed by atoms with Gasteiger partial charge in [0.05, 0.1) is 4.90 Å². The molecule has 0 saturated carbocycles. The van der Waals surface area contributed by atoms with Crippen molar-refractivity contribution in [2.75, 3.05) is 13.6 Å². The van der Waals surface area contributed by atoms with Gasteiger partial charge in [0.25, 0.3) is 5.91 Å². The molecule has 0 aliphatic carbocycles. The predicted molar refractivity (Wildman–Crippen MR) is 89.9 cm³/mol. The van der Waals surface area contributed by atoms with E-state index >= 15 is 0 Å². The molecule has 0 heterocycles. The van der Waals surface area contributed by atoms with Crippen molar-refractivity contribution in [1.29, 1.82) is 0 Å². The van der Waals surface area contributed by atoms with E-state index in [2.05, 4.69) is 0 Å². The van der Waals surface area contributed by atoms with Crippen molar-refractivity contribution >= 4 is 15.9 Å². The Morgan fingerprint density at radius 3 is 2.30 bits per heavy atom. The summed E-state index contributed by atoms with van der Waals surface area (Å²) in [7, 11) is -2.61. The highest BCUT2D eigenvalue weighted by Gasteiger charge is 2.28. The first kappa shape index (κ1) is 20.8. The third-order valence-electron chi connectivity index (χ3n) is 3.58. The largest absolute Gasteiger partial charge is 0.405 e. The Morgan fingerprint density at radius 2 is 1.74 bits per heavy atom. The highest BCUT2D eigenvalue weighted by molar-refractivity contribution is 7.89. The molecule has 2 aromatic carbocycles. The Morgan fingerprint density at radius 1 is 1.11 bits per heavy atom. The maximum Gasteiger partial charge on any atom is 0.405 e. The second-order valence-electron chi connectivity index (χ2n) is 5.71. The molecule has 0 saturated heterocycles. The van der Waals surface area contributed by atoms with Crippen molar-refractivity contribution in [2.24, 2.45) is 0 Å². The quantitative estimate of drug-likeness (QED) is 0.753. The lowest BCUT2D eigenvalue weighted by molar-refractivity contribution is -0.123. The first-order valence-corrected chi connectivity index (χ1v) is 9.09. The summed E-state index contributed by atoms with van der Waals surface area (Å²) in [6.07, 6.45) is -4.51. The number of nitrogens with one attached hydrogen (secondary N) is 1. The lowest BCUT2D eigenvalue weighted by Gasteiger charge is -2.17. The summed E-state index contributed by atoms with van der Waals surface area (Å²) in [5.41, 5.74) is 0.517. The first-order chi connectivity index (χ1) is 12.5. The summed E-state index contributed by atoms with van der Waals surface area (Å²) in [5.74, 6) is -1.57. The maximum absolute atomic E-state index is 13.3. The van der Waals surface area contributed by atoms with Crippen molar-refractivity contribution in [2.45, 2.75) is 17.6 Å². The van der Waals surface area contributed by atoms with Crippen molar-refractivity contribution in [3.63, 3.8) is 0 Å². The van der Waals surface area contributed by atoms with Gasteiger partial charge in [0, 0.05) is 19.2 Å². The van der Waals surface area contributed by atoms with Crippen LogP contribution in [0.3, 0.4) is 0 Å². The van der Waals surface area contributed by atoms with Gasteiger partial charge >= 0.3 is 6.18 Å². The van der Waals surface area contributed by atoms with E-state index in [0.717, 1.165) is 16.4 Å². The fourth-order valence-corrected chi connectivity index (χ4v) is 3.38. The fourth-order valence-electron chi connectivity index (χ4n) is 2.19. The molecule has 146 valence electrons. The summed E-state index contributed by atoms with van der Waals surface area (Å²) in [6.45, 7) is -1.51. The predicted octanol–water partition coefficient (Wildman–Crippen LogP) is 2.94. The Labute approximate surface area is 153 Å². The molecule has 0 unspecified atom stereocenters. The molecule has 0 aliphatic rings. The lowest BCUT2D eigenvalue weighted by Crippen LogP contribution is -2.33. The number of hydrogen-bond acceptors (Lipinski definition) is 3. The zero-order valence-electron chi connectivity index (χ0n) is 14.1. The lowest BCUT2D eigenvalue weighted by atomic mass is 10.1. The molecule has 0 atom stereocenters. The van der Waals surface area contributed by atoms with Crippen LogP contribution >= 0.6 is 0 Å². The van der Waals surface area contributed by atoms with Gasteiger partial charge in [-0.15, -0.1) is 0 Å². The van der Waals surface area contributed by atoms with Crippen LogP contribution in [-0.2, 0) is 16.6 Å². The molecule has 0 radical (unpaired) electrons. The monoisotopic (exact) mass is 404 g/mol. The SMILES string of the molecule is CN(Cc1ccc(C(=O)NCC(F)(F)F)cc1)S(=O)(=O)c1cccc(F)c1. The van der Waals surface area contributed by atoms with Gasteiger partial charge in [0.15, 0.2) is 0 Å². The molecule has 5 nitrogen and oxygen atoms in total. The number of amides is 1. The molecule has 0 aromatic heterocycles.